The van der Waals surface area contributed by atoms with E-state index in [1.165, 1.54) is 18.2 Å². The fourth-order valence-electron chi connectivity index (χ4n) is 2.95. The molecule has 0 spiro atoms. The fourth-order valence-corrected chi connectivity index (χ4v) is 4.03. The van der Waals surface area contributed by atoms with Crippen LogP contribution >= 0.6 is 0 Å². The maximum Gasteiger partial charge on any atom is 0.240 e. The Morgan fingerprint density at radius 3 is 1.92 bits per heavy atom. The second-order valence-corrected chi connectivity index (χ2v) is 7.78. The summed E-state index contributed by atoms with van der Waals surface area (Å²) in [7, 11) is -3.73. The van der Waals surface area contributed by atoms with Gasteiger partial charge >= 0.3 is 0 Å². The molecular formula is C21H20FNO2S. The van der Waals surface area contributed by atoms with Crippen LogP contribution in [0.5, 0.6) is 0 Å². The topological polar surface area (TPSA) is 46.2 Å². The zero-order valence-electron chi connectivity index (χ0n) is 14.2. The van der Waals surface area contributed by atoms with E-state index < -0.39 is 15.8 Å². The molecule has 1 N–H and O–H groups in total. The van der Waals surface area contributed by atoms with Gasteiger partial charge in [0.15, 0.2) is 0 Å². The Hall–Kier alpha value is -2.50. The van der Waals surface area contributed by atoms with Crippen LogP contribution in [0, 0.1) is 5.82 Å². The van der Waals surface area contributed by atoms with Crippen molar-refractivity contribution in [3.8, 4) is 0 Å². The number of nitrogens with one attached hydrogen (secondary N) is 1. The molecule has 0 unspecified atom stereocenters. The van der Waals surface area contributed by atoms with E-state index in [1.54, 1.807) is 0 Å². The maximum absolute atomic E-state index is 13.3. The molecule has 3 aromatic rings. The van der Waals surface area contributed by atoms with Crippen LogP contribution in [0.1, 0.15) is 23.5 Å². The van der Waals surface area contributed by atoms with Crippen LogP contribution in [0.2, 0.25) is 0 Å². The van der Waals surface area contributed by atoms with Gasteiger partial charge in [0.25, 0.3) is 0 Å². The molecule has 0 fully saturated rings. The van der Waals surface area contributed by atoms with Crippen molar-refractivity contribution in [3.05, 3.63) is 102 Å². The Bertz CT molecular complexity index is 905. The molecule has 0 aliphatic carbocycles. The maximum atomic E-state index is 13.3. The van der Waals surface area contributed by atoms with Gasteiger partial charge in [-0.05, 0) is 35.7 Å². The molecule has 0 radical (unpaired) electrons. The van der Waals surface area contributed by atoms with Crippen molar-refractivity contribution < 1.29 is 12.8 Å². The van der Waals surface area contributed by atoms with Crippen LogP contribution in [0.3, 0.4) is 0 Å². The minimum absolute atomic E-state index is 0.0616. The van der Waals surface area contributed by atoms with E-state index in [9.17, 15) is 12.8 Å². The van der Waals surface area contributed by atoms with E-state index >= 15 is 0 Å². The quantitative estimate of drug-likeness (QED) is 0.674. The van der Waals surface area contributed by atoms with Gasteiger partial charge in [-0.1, -0.05) is 66.7 Å². The van der Waals surface area contributed by atoms with Crippen molar-refractivity contribution in [2.24, 2.45) is 0 Å². The van der Waals surface area contributed by atoms with Crippen molar-refractivity contribution in [2.75, 3.05) is 6.54 Å². The molecule has 0 saturated carbocycles. The van der Waals surface area contributed by atoms with Gasteiger partial charge < -0.3 is 0 Å². The molecule has 134 valence electrons. The first kappa shape index (κ1) is 18.3. The molecule has 0 atom stereocenters. The molecule has 0 amide bonds. The van der Waals surface area contributed by atoms with E-state index in [4.69, 9.17) is 0 Å². The lowest BCUT2D eigenvalue weighted by Gasteiger charge is -2.18. The summed E-state index contributed by atoms with van der Waals surface area (Å²) in [5.74, 6) is -0.494. The van der Waals surface area contributed by atoms with Crippen LogP contribution in [0.4, 0.5) is 4.39 Å². The van der Waals surface area contributed by atoms with Gasteiger partial charge in [0.2, 0.25) is 10.0 Å². The lowest BCUT2D eigenvalue weighted by Crippen LogP contribution is -2.26. The average Bonchev–Trinajstić information content (AvgIpc) is 2.67. The lowest BCUT2D eigenvalue weighted by atomic mass is 9.89. The fraction of sp³-hybridized carbons (Fsp3) is 0.143. The van der Waals surface area contributed by atoms with Crippen molar-refractivity contribution in [1.29, 1.82) is 0 Å². The summed E-state index contributed by atoms with van der Waals surface area (Å²) in [6.07, 6.45) is 0.600. The van der Waals surface area contributed by atoms with E-state index in [1.807, 2.05) is 60.7 Å². The number of hydrogen-bond donors (Lipinski definition) is 1. The van der Waals surface area contributed by atoms with Gasteiger partial charge in [-0.3, -0.25) is 0 Å². The number of hydrogen-bond acceptors (Lipinski definition) is 2. The first-order valence-electron chi connectivity index (χ1n) is 8.41. The lowest BCUT2D eigenvalue weighted by molar-refractivity contribution is 0.572. The number of benzene rings is 3. The highest BCUT2D eigenvalue weighted by Crippen LogP contribution is 2.27. The average molecular weight is 369 g/mol. The molecular weight excluding hydrogens is 349 g/mol. The van der Waals surface area contributed by atoms with Gasteiger partial charge in [-0.2, -0.15) is 0 Å². The smallest absolute Gasteiger partial charge is 0.211 e. The molecule has 26 heavy (non-hydrogen) atoms. The van der Waals surface area contributed by atoms with E-state index in [2.05, 4.69) is 4.72 Å². The highest BCUT2D eigenvalue weighted by Gasteiger charge is 2.17. The second-order valence-electron chi connectivity index (χ2n) is 6.02. The monoisotopic (exact) mass is 369 g/mol. The highest BCUT2D eigenvalue weighted by molar-refractivity contribution is 7.89. The summed E-state index contributed by atoms with van der Waals surface area (Å²) in [5, 5.41) is 0. The van der Waals surface area contributed by atoms with E-state index in [0.717, 1.165) is 17.2 Å². The standard InChI is InChI=1S/C21H20FNO2S/c22-19-12-7-13-20(16-19)26(24,25)23-15-14-21(17-8-3-1-4-9-17)18-10-5-2-6-11-18/h1-13,16,21,23H,14-15H2. The predicted octanol–water partition coefficient (Wildman–Crippen LogP) is 4.33. The minimum atomic E-state index is -3.73. The number of rotatable bonds is 7. The Balaban J connectivity index is 1.75. The van der Waals surface area contributed by atoms with Crippen LogP contribution < -0.4 is 4.72 Å². The van der Waals surface area contributed by atoms with Crippen LogP contribution in [0.15, 0.2) is 89.8 Å². The second kappa shape index (κ2) is 8.25. The van der Waals surface area contributed by atoms with Crippen LogP contribution in [-0.2, 0) is 10.0 Å². The van der Waals surface area contributed by atoms with Crippen LogP contribution in [0.25, 0.3) is 0 Å². The summed E-state index contributed by atoms with van der Waals surface area (Å²) in [5.41, 5.74) is 2.26. The van der Waals surface area contributed by atoms with Crippen molar-refractivity contribution in [2.45, 2.75) is 17.2 Å². The predicted molar refractivity (Wildman–Crippen MR) is 101 cm³/mol. The molecule has 0 aliphatic rings. The molecule has 3 nitrogen and oxygen atoms in total. The zero-order chi connectivity index (χ0) is 18.4. The summed E-state index contributed by atoms with van der Waals surface area (Å²) >= 11 is 0. The van der Waals surface area contributed by atoms with Gasteiger partial charge in [0, 0.05) is 12.5 Å². The number of halogens is 1. The molecule has 5 heteroatoms. The normalized spacial score (nSPS) is 11.6. The van der Waals surface area contributed by atoms with E-state index in [-0.39, 0.29) is 17.4 Å². The summed E-state index contributed by atoms with van der Waals surface area (Å²) < 4.78 is 40.6. The molecule has 3 aromatic carbocycles. The Kier molecular flexibility index (Phi) is 5.81. The summed E-state index contributed by atoms with van der Waals surface area (Å²) in [6.45, 7) is 0.257. The molecule has 0 aliphatic heterocycles. The molecule has 0 aromatic heterocycles. The SMILES string of the molecule is O=S(=O)(NCCC(c1ccccc1)c1ccccc1)c1cccc(F)c1. The van der Waals surface area contributed by atoms with Crippen molar-refractivity contribution >= 4 is 10.0 Å². The molecule has 3 rings (SSSR count). The Labute approximate surface area is 153 Å². The third kappa shape index (κ3) is 4.56. The Morgan fingerprint density at radius 2 is 1.38 bits per heavy atom. The van der Waals surface area contributed by atoms with Gasteiger partial charge in [0.1, 0.15) is 5.82 Å². The highest BCUT2D eigenvalue weighted by atomic mass is 32.2. The van der Waals surface area contributed by atoms with Crippen molar-refractivity contribution in [1.82, 2.24) is 4.72 Å². The van der Waals surface area contributed by atoms with E-state index in [0.29, 0.717) is 6.42 Å². The number of sulfonamides is 1. The van der Waals surface area contributed by atoms with Gasteiger partial charge in [-0.15, -0.1) is 0 Å². The van der Waals surface area contributed by atoms with Gasteiger partial charge in [0.05, 0.1) is 4.90 Å². The Morgan fingerprint density at radius 1 is 0.808 bits per heavy atom. The zero-order valence-corrected chi connectivity index (χ0v) is 15.0. The van der Waals surface area contributed by atoms with Crippen LogP contribution in [-0.4, -0.2) is 15.0 Å². The summed E-state index contributed by atoms with van der Waals surface area (Å²) in [6, 6.07) is 25.0. The van der Waals surface area contributed by atoms with Gasteiger partial charge in [-0.25, -0.2) is 17.5 Å². The summed E-state index contributed by atoms with van der Waals surface area (Å²) in [4.78, 5) is -0.0616. The molecule has 0 saturated heterocycles. The third-order valence-corrected chi connectivity index (χ3v) is 5.69. The van der Waals surface area contributed by atoms with Crippen molar-refractivity contribution in [3.63, 3.8) is 0 Å². The molecule has 0 bridgehead atoms. The first-order valence-corrected chi connectivity index (χ1v) is 9.90. The minimum Gasteiger partial charge on any atom is -0.211 e. The largest absolute Gasteiger partial charge is 0.240 e. The molecule has 0 heterocycles. The third-order valence-electron chi connectivity index (χ3n) is 4.24. The first-order chi connectivity index (χ1) is 12.6.